The summed E-state index contributed by atoms with van der Waals surface area (Å²) in [5.74, 6) is -0.536. The second kappa shape index (κ2) is 7.21. The van der Waals surface area contributed by atoms with Gasteiger partial charge in [-0.25, -0.2) is 4.98 Å². The number of aliphatic carboxylic acids is 1. The van der Waals surface area contributed by atoms with Gasteiger partial charge in [0.15, 0.2) is 0 Å². The molecule has 2 atom stereocenters. The van der Waals surface area contributed by atoms with E-state index < -0.39 is 16.9 Å². The molecule has 8 nitrogen and oxygen atoms in total. The molecule has 2 heterocycles. The third kappa shape index (κ3) is 3.21. The Kier molecular flexibility index (Phi) is 4.74. The lowest BCUT2D eigenvalue weighted by molar-refractivity contribution is -0.384. The molecule has 0 spiro atoms. The van der Waals surface area contributed by atoms with E-state index in [9.17, 15) is 20.0 Å². The van der Waals surface area contributed by atoms with E-state index in [-0.39, 0.29) is 16.6 Å². The van der Waals surface area contributed by atoms with Crippen LogP contribution < -0.4 is 5.32 Å². The van der Waals surface area contributed by atoms with Gasteiger partial charge >= 0.3 is 5.97 Å². The highest BCUT2D eigenvalue weighted by atomic mass is 35.5. The van der Waals surface area contributed by atoms with Crippen molar-refractivity contribution in [3.8, 4) is 0 Å². The van der Waals surface area contributed by atoms with Crippen LogP contribution in [-0.4, -0.2) is 38.1 Å². The Bertz CT molecular complexity index is 1080. The number of rotatable bonds is 5. The van der Waals surface area contributed by atoms with Gasteiger partial charge < -0.3 is 15.0 Å². The summed E-state index contributed by atoms with van der Waals surface area (Å²) in [6.45, 7) is 0.925. The van der Waals surface area contributed by atoms with Crippen LogP contribution >= 0.6 is 11.6 Å². The standard InChI is InChI=1S/C19H17ClN4O4/c20-13-6-5-11(9-16(13)24(27)28)10-23-15-4-2-1-3-14(15)22-18(23)12-7-8-21-17(12)19(25)26/h1-6,9,12,17,21H,7-8,10H2,(H,25,26)/t12?,17-/m0/s1. The van der Waals surface area contributed by atoms with Gasteiger partial charge in [-0.05, 0) is 36.7 Å². The number of halogens is 1. The Morgan fingerprint density at radius 1 is 1.36 bits per heavy atom. The van der Waals surface area contributed by atoms with Crippen molar-refractivity contribution in [3.63, 3.8) is 0 Å². The summed E-state index contributed by atoms with van der Waals surface area (Å²) in [5, 5.41) is 23.8. The molecule has 0 saturated carbocycles. The number of imidazole rings is 1. The Balaban J connectivity index is 1.81. The summed E-state index contributed by atoms with van der Waals surface area (Å²) in [6.07, 6.45) is 0.654. The maximum atomic E-state index is 11.6. The van der Waals surface area contributed by atoms with Crippen LogP contribution in [0.15, 0.2) is 42.5 Å². The molecule has 0 bridgehead atoms. The van der Waals surface area contributed by atoms with Crippen LogP contribution in [0, 0.1) is 10.1 Å². The van der Waals surface area contributed by atoms with Gasteiger partial charge in [0.1, 0.15) is 16.9 Å². The second-order valence-corrected chi connectivity index (χ2v) is 7.16. The van der Waals surface area contributed by atoms with Gasteiger partial charge in [0.05, 0.1) is 16.0 Å². The van der Waals surface area contributed by atoms with Crippen LogP contribution in [0.5, 0.6) is 0 Å². The number of benzene rings is 2. The number of carboxylic acids is 1. The Morgan fingerprint density at radius 2 is 2.14 bits per heavy atom. The normalized spacial score (nSPS) is 19.2. The summed E-state index contributed by atoms with van der Waals surface area (Å²) >= 11 is 5.92. The van der Waals surface area contributed by atoms with Crippen molar-refractivity contribution in [3.05, 3.63) is 69.0 Å². The van der Waals surface area contributed by atoms with Crippen LogP contribution in [0.1, 0.15) is 23.7 Å². The molecule has 2 aromatic carbocycles. The highest BCUT2D eigenvalue weighted by Crippen LogP contribution is 2.32. The largest absolute Gasteiger partial charge is 0.480 e. The van der Waals surface area contributed by atoms with Gasteiger partial charge in [-0.3, -0.25) is 14.9 Å². The molecule has 1 saturated heterocycles. The molecular formula is C19H17ClN4O4. The molecule has 3 aromatic rings. The van der Waals surface area contributed by atoms with Crippen molar-refractivity contribution in [1.82, 2.24) is 14.9 Å². The number of nitrogens with one attached hydrogen (secondary N) is 1. The van der Waals surface area contributed by atoms with Crippen molar-refractivity contribution in [1.29, 1.82) is 0 Å². The summed E-state index contributed by atoms with van der Waals surface area (Å²) in [6, 6.07) is 11.5. The monoisotopic (exact) mass is 400 g/mol. The smallest absolute Gasteiger partial charge is 0.321 e. The van der Waals surface area contributed by atoms with E-state index >= 15 is 0 Å². The zero-order valence-corrected chi connectivity index (χ0v) is 15.5. The molecule has 0 radical (unpaired) electrons. The lowest BCUT2D eigenvalue weighted by Gasteiger charge is -2.17. The molecule has 1 aliphatic rings. The first-order valence-corrected chi connectivity index (χ1v) is 9.17. The number of fused-ring (bicyclic) bond motifs is 1. The SMILES string of the molecule is O=C(O)[C@H]1NCCC1c1nc2ccccc2n1Cc1ccc(Cl)c([N+](=O)[O-])c1. The first-order chi connectivity index (χ1) is 13.5. The Morgan fingerprint density at radius 3 is 2.89 bits per heavy atom. The zero-order valence-electron chi connectivity index (χ0n) is 14.7. The molecule has 1 fully saturated rings. The fraction of sp³-hybridized carbons (Fsp3) is 0.263. The van der Waals surface area contributed by atoms with Gasteiger partial charge in [0, 0.05) is 18.5 Å². The number of hydrogen-bond donors (Lipinski definition) is 2. The molecule has 9 heteroatoms. The molecule has 144 valence electrons. The molecule has 1 aliphatic heterocycles. The molecule has 1 aromatic heterocycles. The van der Waals surface area contributed by atoms with Crippen LogP contribution in [0.4, 0.5) is 5.69 Å². The van der Waals surface area contributed by atoms with Crippen molar-refractivity contribution in [2.75, 3.05) is 6.54 Å². The maximum absolute atomic E-state index is 11.6. The van der Waals surface area contributed by atoms with Gasteiger partial charge in [0.2, 0.25) is 0 Å². The second-order valence-electron chi connectivity index (χ2n) is 6.75. The Labute approximate surface area is 164 Å². The number of carboxylic acid groups (broad SMARTS) is 1. The topological polar surface area (TPSA) is 110 Å². The fourth-order valence-electron chi connectivity index (χ4n) is 3.76. The van der Waals surface area contributed by atoms with E-state index in [1.165, 1.54) is 12.1 Å². The minimum atomic E-state index is -0.914. The van der Waals surface area contributed by atoms with Crippen molar-refractivity contribution in [2.24, 2.45) is 0 Å². The summed E-state index contributed by atoms with van der Waals surface area (Å²) in [4.78, 5) is 27.0. The van der Waals surface area contributed by atoms with E-state index in [0.717, 1.165) is 11.0 Å². The molecular weight excluding hydrogens is 384 g/mol. The lowest BCUT2D eigenvalue weighted by Crippen LogP contribution is -2.35. The van der Waals surface area contributed by atoms with E-state index in [1.807, 2.05) is 28.8 Å². The number of nitrogens with zero attached hydrogens (tertiary/aromatic N) is 3. The molecule has 1 unspecified atom stereocenters. The van der Waals surface area contributed by atoms with Crippen LogP contribution in [0.3, 0.4) is 0 Å². The number of nitro groups is 1. The number of hydrogen-bond acceptors (Lipinski definition) is 5. The van der Waals surface area contributed by atoms with Crippen LogP contribution in [-0.2, 0) is 11.3 Å². The van der Waals surface area contributed by atoms with E-state index in [0.29, 0.717) is 30.9 Å². The predicted molar refractivity (Wildman–Crippen MR) is 104 cm³/mol. The Hall–Kier alpha value is -2.97. The fourth-order valence-corrected chi connectivity index (χ4v) is 3.95. The van der Waals surface area contributed by atoms with Crippen molar-refractivity contribution < 1.29 is 14.8 Å². The van der Waals surface area contributed by atoms with E-state index in [4.69, 9.17) is 16.6 Å². The number of carbonyl (C=O) groups is 1. The highest BCUT2D eigenvalue weighted by molar-refractivity contribution is 6.32. The molecule has 0 amide bonds. The first kappa shape index (κ1) is 18.4. The average molecular weight is 401 g/mol. The summed E-state index contributed by atoms with van der Waals surface area (Å²) < 4.78 is 1.94. The number of aromatic nitrogens is 2. The molecule has 4 rings (SSSR count). The number of para-hydroxylation sites is 2. The average Bonchev–Trinajstić information content (AvgIpc) is 3.28. The van der Waals surface area contributed by atoms with Gasteiger partial charge in [-0.15, -0.1) is 0 Å². The molecule has 28 heavy (non-hydrogen) atoms. The van der Waals surface area contributed by atoms with Crippen molar-refractivity contribution in [2.45, 2.75) is 24.9 Å². The quantitative estimate of drug-likeness (QED) is 0.502. The van der Waals surface area contributed by atoms with E-state index in [2.05, 4.69) is 5.32 Å². The lowest BCUT2D eigenvalue weighted by atomic mass is 9.99. The van der Waals surface area contributed by atoms with Crippen molar-refractivity contribution >= 4 is 34.3 Å². The zero-order chi connectivity index (χ0) is 19.8. The first-order valence-electron chi connectivity index (χ1n) is 8.80. The van der Waals surface area contributed by atoms with E-state index in [1.54, 1.807) is 6.07 Å². The summed E-state index contributed by atoms with van der Waals surface area (Å²) in [5.41, 5.74) is 2.15. The van der Waals surface area contributed by atoms with Crippen LogP contribution in [0.25, 0.3) is 11.0 Å². The van der Waals surface area contributed by atoms with Crippen LogP contribution in [0.2, 0.25) is 5.02 Å². The molecule has 2 N–H and O–H groups in total. The molecule has 0 aliphatic carbocycles. The minimum absolute atomic E-state index is 0.0791. The third-order valence-corrected chi connectivity index (χ3v) is 5.37. The predicted octanol–water partition coefficient (Wildman–Crippen LogP) is 3.18. The highest BCUT2D eigenvalue weighted by Gasteiger charge is 2.37. The van der Waals surface area contributed by atoms with Gasteiger partial charge in [-0.1, -0.05) is 29.8 Å². The minimum Gasteiger partial charge on any atom is -0.480 e. The third-order valence-electron chi connectivity index (χ3n) is 5.05. The maximum Gasteiger partial charge on any atom is 0.321 e. The van der Waals surface area contributed by atoms with Gasteiger partial charge in [0.25, 0.3) is 5.69 Å². The number of nitro benzene ring substituents is 1. The summed E-state index contributed by atoms with van der Waals surface area (Å²) in [7, 11) is 0. The van der Waals surface area contributed by atoms with Gasteiger partial charge in [-0.2, -0.15) is 0 Å².